The van der Waals surface area contributed by atoms with Gasteiger partial charge in [0, 0.05) is 12.4 Å². The predicted molar refractivity (Wildman–Crippen MR) is 65.5 cm³/mol. The molecular formula is C13H14N2O3. The van der Waals surface area contributed by atoms with Gasteiger partial charge in [0.25, 0.3) is 0 Å². The third-order valence-corrected chi connectivity index (χ3v) is 2.43. The number of carbonyl (C=O) groups is 1. The van der Waals surface area contributed by atoms with Crippen molar-refractivity contribution >= 4 is 5.97 Å². The van der Waals surface area contributed by atoms with Gasteiger partial charge in [0.2, 0.25) is 0 Å². The maximum atomic E-state index is 10.6. The zero-order valence-electron chi connectivity index (χ0n) is 9.82. The molecule has 1 aromatic carbocycles. The summed E-state index contributed by atoms with van der Waals surface area (Å²) in [6.45, 7) is 1.23. The number of aliphatic carboxylic acids is 1. The Balaban J connectivity index is 1.87. The molecule has 0 bridgehead atoms. The molecule has 0 spiro atoms. The number of hydrogen-bond acceptors (Lipinski definition) is 3. The van der Waals surface area contributed by atoms with Gasteiger partial charge in [-0.2, -0.15) is 0 Å². The SMILES string of the molecule is O=C(O)Cc1cccc(OCCn2ccnc2)c1. The molecule has 5 heteroatoms. The standard InChI is InChI=1S/C13H14N2O3/c16-13(17)9-11-2-1-3-12(8-11)18-7-6-15-5-4-14-10-15/h1-5,8,10H,6-7,9H2,(H,16,17). The maximum Gasteiger partial charge on any atom is 0.307 e. The number of benzene rings is 1. The molecular weight excluding hydrogens is 232 g/mol. The number of hydrogen-bond donors (Lipinski definition) is 1. The van der Waals surface area contributed by atoms with Gasteiger partial charge < -0.3 is 14.4 Å². The van der Waals surface area contributed by atoms with Crippen molar-refractivity contribution < 1.29 is 14.6 Å². The molecule has 94 valence electrons. The first-order valence-corrected chi connectivity index (χ1v) is 5.63. The molecule has 1 heterocycles. The number of nitrogens with zero attached hydrogens (tertiary/aromatic N) is 2. The van der Waals surface area contributed by atoms with Gasteiger partial charge in [-0.1, -0.05) is 12.1 Å². The Labute approximate surface area is 105 Å². The van der Waals surface area contributed by atoms with E-state index in [1.54, 1.807) is 30.7 Å². The van der Waals surface area contributed by atoms with Crippen LogP contribution in [-0.4, -0.2) is 27.2 Å². The van der Waals surface area contributed by atoms with Crippen LogP contribution in [0.2, 0.25) is 0 Å². The van der Waals surface area contributed by atoms with E-state index in [1.807, 2.05) is 16.8 Å². The normalized spacial score (nSPS) is 10.2. The minimum absolute atomic E-state index is 0.0126. The van der Waals surface area contributed by atoms with Crippen LogP contribution in [0.25, 0.3) is 0 Å². The molecule has 1 N–H and O–H groups in total. The van der Waals surface area contributed by atoms with E-state index in [-0.39, 0.29) is 6.42 Å². The van der Waals surface area contributed by atoms with Gasteiger partial charge in [0.15, 0.2) is 0 Å². The maximum absolute atomic E-state index is 10.6. The Morgan fingerprint density at radius 2 is 2.33 bits per heavy atom. The van der Waals surface area contributed by atoms with E-state index in [0.29, 0.717) is 18.9 Å². The van der Waals surface area contributed by atoms with Gasteiger partial charge in [0.05, 0.1) is 19.3 Å². The highest BCUT2D eigenvalue weighted by Gasteiger charge is 2.02. The van der Waals surface area contributed by atoms with E-state index in [1.165, 1.54) is 0 Å². The molecule has 0 aliphatic carbocycles. The Kier molecular flexibility index (Phi) is 3.96. The average molecular weight is 246 g/mol. The lowest BCUT2D eigenvalue weighted by molar-refractivity contribution is -0.136. The Bertz CT molecular complexity index is 509. The molecule has 0 aliphatic heterocycles. The van der Waals surface area contributed by atoms with Gasteiger partial charge in [-0.3, -0.25) is 4.79 Å². The van der Waals surface area contributed by atoms with Gasteiger partial charge >= 0.3 is 5.97 Å². The minimum Gasteiger partial charge on any atom is -0.492 e. The first-order chi connectivity index (χ1) is 8.74. The van der Waals surface area contributed by atoms with Crippen LogP contribution in [0, 0.1) is 0 Å². The molecule has 18 heavy (non-hydrogen) atoms. The minimum atomic E-state index is -0.842. The van der Waals surface area contributed by atoms with Gasteiger partial charge in [-0.05, 0) is 17.7 Å². The molecule has 0 unspecified atom stereocenters. The first-order valence-electron chi connectivity index (χ1n) is 5.63. The van der Waals surface area contributed by atoms with Crippen LogP contribution in [0.15, 0.2) is 43.0 Å². The number of aromatic nitrogens is 2. The van der Waals surface area contributed by atoms with Crippen molar-refractivity contribution in [1.82, 2.24) is 9.55 Å². The fourth-order valence-corrected chi connectivity index (χ4v) is 1.61. The summed E-state index contributed by atoms with van der Waals surface area (Å²) in [6.07, 6.45) is 5.32. The second kappa shape index (κ2) is 5.86. The second-order valence-electron chi connectivity index (χ2n) is 3.87. The van der Waals surface area contributed by atoms with Crippen molar-refractivity contribution in [2.24, 2.45) is 0 Å². The third-order valence-electron chi connectivity index (χ3n) is 2.43. The van der Waals surface area contributed by atoms with Gasteiger partial charge in [-0.25, -0.2) is 4.98 Å². The molecule has 0 atom stereocenters. The van der Waals surface area contributed by atoms with E-state index in [2.05, 4.69) is 4.98 Å². The van der Waals surface area contributed by atoms with Crippen LogP contribution in [-0.2, 0) is 17.8 Å². The summed E-state index contributed by atoms with van der Waals surface area (Å²) in [5.41, 5.74) is 0.739. The van der Waals surface area contributed by atoms with E-state index in [9.17, 15) is 4.79 Å². The highest BCUT2D eigenvalue weighted by molar-refractivity contribution is 5.70. The van der Waals surface area contributed by atoms with E-state index >= 15 is 0 Å². The number of carboxylic acid groups (broad SMARTS) is 1. The quantitative estimate of drug-likeness (QED) is 0.840. The summed E-state index contributed by atoms with van der Waals surface area (Å²) in [5.74, 6) is -0.153. The summed E-state index contributed by atoms with van der Waals surface area (Å²) in [7, 11) is 0. The van der Waals surface area contributed by atoms with Crippen molar-refractivity contribution in [3.8, 4) is 5.75 Å². The van der Waals surface area contributed by atoms with Crippen LogP contribution >= 0.6 is 0 Å². The topological polar surface area (TPSA) is 64.3 Å². The number of carboxylic acids is 1. The lowest BCUT2D eigenvalue weighted by atomic mass is 10.1. The fraction of sp³-hybridized carbons (Fsp3) is 0.231. The van der Waals surface area contributed by atoms with E-state index in [0.717, 1.165) is 5.56 Å². The molecule has 2 aromatic rings. The highest BCUT2D eigenvalue weighted by Crippen LogP contribution is 2.13. The summed E-state index contributed by atoms with van der Waals surface area (Å²) in [6, 6.07) is 7.14. The van der Waals surface area contributed by atoms with Crippen molar-refractivity contribution in [2.45, 2.75) is 13.0 Å². The third kappa shape index (κ3) is 3.62. The van der Waals surface area contributed by atoms with Crippen LogP contribution in [0.4, 0.5) is 0 Å². The van der Waals surface area contributed by atoms with Crippen molar-refractivity contribution in [3.05, 3.63) is 48.5 Å². The van der Waals surface area contributed by atoms with Gasteiger partial charge in [0.1, 0.15) is 12.4 Å². The monoisotopic (exact) mass is 246 g/mol. The lowest BCUT2D eigenvalue weighted by Crippen LogP contribution is -2.07. The van der Waals surface area contributed by atoms with E-state index in [4.69, 9.17) is 9.84 Å². The van der Waals surface area contributed by atoms with Crippen LogP contribution in [0.5, 0.6) is 5.75 Å². The molecule has 1 aromatic heterocycles. The predicted octanol–water partition coefficient (Wildman–Crippen LogP) is 1.59. The Hall–Kier alpha value is -2.30. The molecule has 2 rings (SSSR count). The largest absolute Gasteiger partial charge is 0.492 e. The number of ether oxygens (including phenoxy) is 1. The molecule has 0 aliphatic rings. The molecule has 0 radical (unpaired) electrons. The van der Waals surface area contributed by atoms with Crippen LogP contribution in [0.1, 0.15) is 5.56 Å². The molecule has 5 nitrogen and oxygen atoms in total. The van der Waals surface area contributed by atoms with E-state index < -0.39 is 5.97 Å². The van der Waals surface area contributed by atoms with Crippen molar-refractivity contribution in [1.29, 1.82) is 0 Å². The number of rotatable bonds is 6. The second-order valence-corrected chi connectivity index (χ2v) is 3.87. The zero-order chi connectivity index (χ0) is 12.8. The smallest absolute Gasteiger partial charge is 0.307 e. The summed E-state index contributed by atoms with van der Waals surface area (Å²) in [5, 5.41) is 8.71. The number of imidazole rings is 1. The van der Waals surface area contributed by atoms with Crippen molar-refractivity contribution in [2.75, 3.05) is 6.61 Å². The zero-order valence-corrected chi connectivity index (χ0v) is 9.82. The van der Waals surface area contributed by atoms with Crippen molar-refractivity contribution in [3.63, 3.8) is 0 Å². The Morgan fingerprint density at radius 3 is 3.06 bits per heavy atom. The fourth-order valence-electron chi connectivity index (χ4n) is 1.61. The Morgan fingerprint density at radius 1 is 1.44 bits per heavy atom. The van der Waals surface area contributed by atoms with Crippen LogP contribution < -0.4 is 4.74 Å². The van der Waals surface area contributed by atoms with Gasteiger partial charge in [-0.15, -0.1) is 0 Å². The lowest BCUT2D eigenvalue weighted by Gasteiger charge is -2.07. The molecule has 0 amide bonds. The first kappa shape index (κ1) is 12.2. The molecule has 0 saturated carbocycles. The summed E-state index contributed by atoms with van der Waals surface area (Å²) < 4.78 is 7.48. The molecule has 0 saturated heterocycles. The summed E-state index contributed by atoms with van der Waals surface area (Å²) >= 11 is 0. The molecule has 0 fully saturated rings. The highest BCUT2D eigenvalue weighted by atomic mass is 16.5. The summed E-state index contributed by atoms with van der Waals surface area (Å²) in [4.78, 5) is 14.5. The average Bonchev–Trinajstić information content (AvgIpc) is 2.82. The van der Waals surface area contributed by atoms with Crippen LogP contribution in [0.3, 0.4) is 0 Å².